The number of nitrogens with two attached hydrogens (primary N) is 1. The van der Waals surface area contributed by atoms with Crippen molar-refractivity contribution in [3.8, 4) is 5.69 Å². The third-order valence-corrected chi connectivity index (χ3v) is 5.57. The van der Waals surface area contributed by atoms with E-state index in [0.29, 0.717) is 5.92 Å². The van der Waals surface area contributed by atoms with Crippen LogP contribution in [0.2, 0.25) is 0 Å². The maximum Gasteiger partial charge on any atom is 0.238 e. The van der Waals surface area contributed by atoms with Gasteiger partial charge in [-0.3, -0.25) is 0 Å². The van der Waals surface area contributed by atoms with Gasteiger partial charge < -0.3 is 0 Å². The van der Waals surface area contributed by atoms with Crippen molar-refractivity contribution < 1.29 is 8.42 Å². The average molecular weight is 352 g/mol. The van der Waals surface area contributed by atoms with Gasteiger partial charge in [-0.25, -0.2) is 23.2 Å². The van der Waals surface area contributed by atoms with Crippen molar-refractivity contribution in [3.05, 3.63) is 35.9 Å². The van der Waals surface area contributed by atoms with Crippen LogP contribution < -0.4 is 5.14 Å². The summed E-state index contributed by atoms with van der Waals surface area (Å²) in [4.78, 5) is 4.82. The quantitative estimate of drug-likeness (QED) is 0.892. The first-order valence-electron chi connectivity index (χ1n) is 7.57. The van der Waals surface area contributed by atoms with Crippen LogP contribution in [0.3, 0.4) is 0 Å². The Labute approximate surface area is 140 Å². The van der Waals surface area contributed by atoms with Crippen LogP contribution >= 0.6 is 11.8 Å². The number of nitrogens with zero attached hydrogens (tertiary/aromatic N) is 3. The van der Waals surface area contributed by atoms with Crippen LogP contribution in [0.25, 0.3) is 5.69 Å². The lowest BCUT2D eigenvalue weighted by Gasteiger charge is -2.06. The van der Waals surface area contributed by atoms with Gasteiger partial charge in [-0.1, -0.05) is 12.8 Å². The second kappa shape index (κ2) is 6.62. The van der Waals surface area contributed by atoms with Crippen molar-refractivity contribution in [1.29, 1.82) is 0 Å². The van der Waals surface area contributed by atoms with Crippen LogP contribution in [0.15, 0.2) is 29.2 Å². The number of hydrogen-bond acceptors (Lipinski definition) is 5. The van der Waals surface area contributed by atoms with Crippen LogP contribution in [0.4, 0.5) is 0 Å². The van der Waals surface area contributed by atoms with E-state index >= 15 is 0 Å². The summed E-state index contributed by atoms with van der Waals surface area (Å²) in [6, 6.07) is 6.45. The molecule has 0 aliphatic heterocycles. The molecule has 6 nitrogen and oxygen atoms in total. The topological polar surface area (TPSA) is 90.9 Å². The van der Waals surface area contributed by atoms with E-state index in [0.717, 1.165) is 35.9 Å². The highest BCUT2D eigenvalue weighted by atomic mass is 32.2. The van der Waals surface area contributed by atoms with E-state index in [-0.39, 0.29) is 4.90 Å². The molecule has 8 heteroatoms. The van der Waals surface area contributed by atoms with Gasteiger partial charge in [0.25, 0.3) is 0 Å². The Morgan fingerprint density at radius 2 is 1.91 bits per heavy atom. The summed E-state index contributed by atoms with van der Waals surface area (Å²) in [5.41, 5.74) is 0.804. The summed E-state index contributed by atoms with van der Waals surface area (Å²) in [6.07, 6.45) is 6.79. The Hall–Kier alpha value is -1.38. The molecule has 1 aromatic heterocycles. The molecule has 0 bridgehead atoms. The molecule has 0 spiro atoms. The Morgan fingerprint density at radius 3 is 2.48 bits per heavy atom. The number of rotatable bonds is 5. The third kappa shape index (κ3) is 3.59. The fourth-order valence-electron chi connectivity index (χ4n) is 2.93. The lowest BCUT2D eigenvalue weighted by atomic mass is 10.1. The molecule has 0 radical (unpaired) electrons. The molecule has 124 valence electrons. The predicted molar refractivity (Wildman–Crippen MR) is 91.2 cm³/mol. The number of sulfonamides is 1. The van der Waals surface area contributed by atoms with Gasteiger partial charge in [0.15, 0.2) is 5.82 Å². The van der Waals surface area contributed by atoms with Gasteiger partial charge in [0.2, 0.25) is 10.0 Å². The maximum absolute atomic E-state index is 11.4. The van der Waals surface area contributed by atoms with Gasteiger partial charge in [-0.15, -0.1) is 0 Å². The largest absolute Gasteiger partial charge is 0.238 e. The Kier molecular flexibility index (Phi) is 4.74. The van der Waals surface area contributed by atoms with Gasteiger partial charge >= 0.3 is 0 Å². The number of hydrogen-bond donors (Lipinski definition) is 1. The first-order valence-corrected chi connectivity index (χ1v) is 10.5. The van der Waals surface area contributed by atoms with Gasteiger partial charge in [0.1, 0.15) is 5.82 Å². The molecule has 0 saturated heterocycles. The highest BCUT2D eigenvalue weighted by molar-refractivity contribution is 7.97. The van der Waals surface area contributed by atoms with Gasteiger partial charge in [0.05, 0.1) is 16.3 Å². The second-order valence-electron chi connectivity index (χ2n) is 5.75. The van der Waals surface area contributed by atoms with E-state index in [2.05, 4.69) is 5.10 Å². The molecular weight excluding hydrogens is 332 g/mol. The van der Waals surface area contributed by atoms with E-state index in [1.807, 2.05) is 10.9 Å². The molecule has 1 aromatic carbocycles. The Morgan fingerprint density at radius 1 is 1.26 bits per heavy atom. The van der Waals surface area contributed by atoms with Crippen LogP contribution in [-0.2, 0) is 15.8 Å². The van der Waals surface area contributed by atoms with Gasteiger partial charge in [0, 0.05) is 5.92 Å². The molecule has 1 saturated carbocycles. The lowest BCUT2D eigenvalue weighted by Crippen LogP contribution is -2.12. The van der Waals surface area contributed by atoms with Crippen molar-refractivity contribution in [3.63, 3.8) is 0 Å². The molecule has 1 fully saturated rings. The minimum Gasteiger partial charge on any atom is -0.225 e. The average Bonchev–Trinajstić information content (AvgIpc) is 3.16. The minimum atomic E-state index is -3.68. The number of aromatic nitrogens is 3. The van der Waals surface area contributed by atoms with Crippen LogP contribution in [0.1, 0.15) is 43.3 Å². The predicted octanol–water partition coefficient (Wildman–Crippen LogP) is 2.44. The third-order valence-electron chi connectivity index (χ3n) is 4.09. The van der Waals surface area contributed by atoms with E-state index in [1.165, 1.54) is 25.0 Å². The standard InChI is InChI=1S/C15H20N4O2S2/c1-22-10-14-17-15(11-4-2-3-5-11)18-19(14)12-6-8-13(9-7-12)23(16,20)21/h6-9,11H,2-5,10H2,1H3,(H2,16,20,21). The number of benzene rings is 1. The minimum absolute atomic E-state index is 0.101. The highest BCUT2D eigenvalue weighted by Crippen LogP contribution is 2.33. The lowest BCUT2D eigenvalue weighted by molar-refractivity contribution is 0.597. The summed E-state index contributed by atoms with van der Waals surface area (Å²) < 4.78 is 24.6. The molecule has 1 heterocycles. The van der Waals surface area contributed by atoms with Crippen molar-refractivity contribution in [2.24, 2.45) is 5.14 Å². The number of primary sulfonamides is 1. The molecule has 0 atom stereocenters. The molecule has 2 N–H and O–H groups in total. The zero-order valence-corrected chi connectivity index (χ0v) is 14.6. The SMILES string of the molecule is CSCc1nc(C2CCCC2)nn1-c1ccc(S(N)(=O)=O)cc1. The maximum atomic E-state index is 11.4. The summed E-state index contributed by atoms with van der Waals surface area (Å²) in [5.74, 6) is 3.00. The summed E-state index contributed by atoms with van der Waals surface area (Å²) >= 11 is 1.69. The van der Waals surface area contributed by atoms with Gasteiger partial charge in [-0.05, 0) is 43.4 Å². The Bertz CT molecular complexity index is 778. The fraction of sp³-hybridized carbons (Fsp3) is 0.467. The normalized spacial score (nSPS) is 16.1. The first kappa shape index (κ1) is 16.5. The van der Waals surface area contributed by atoms with E-state index in [1.54, 1.807) is 23.9 Å². The molecule has 23 heavy (non-hydrogen) atoms. The second-order valence-corrected chi connectivity index (χ2v) is 8.18. The first-order chi connectivity index (χ1) is 11.0. The van der Waals surface area contributed by atoms with Crippen LogP contribution in [-0.4, -0.2) is 29.4 Å². The van der Waals surface area contributed by atoms with Crippen molar-refractivity contribution in [2.75, 3.05) is 6.26 Å². The molecule has 1 aliphatic carbocycles. The molecule has 3 rings (SSSR count). The molecule has 0 amide bonds. The molecule has 2 aromatic rings. The van der Waals surface area contributed by atoms with Gasteiger partial charge in [-0.2, -0.15) is 16.9 Å². The fourth-order valence-corrected chi connectivity index (χ4v) is 3.89. The van der Waals surface area contributed by atoms with E-state index < -0.39 is 10.0 Å². The smallest absolute Gasteiger partial charge is 0.225 e. The summed E-state index contributed by atoms with van der Waals surface area (Å²) in [7, 11) is -3.68. The van der Waals surface area contributed by atoms with Crippen molar-refractivity contribution >= 4 is 21.8 Å². The molecule has 1 aliphatic rings. The van der Waals surface area contributed by atoms with Crippen molar-refractivity contribution in [1.82, 2.24) is 14.8 Å². The van der Waals surface area contributed by atoms with Crippen LogP contribution in [0.5, 0.6) is 0 Å². The zero-order valence-electron chi connectivity index (χ0n) is 13.0. The van der Waals surface area contributed by atoms with E-state index in [9.17, 15) is 8.42 Å². The van der Waals surface area contributed by atoms with Crippen molar-refractivity contribution in [2.45, 2.75) is 42.2 Å². The van der Waals surface area contributed by atoms with E-state index in [4.69, 9.17) is 10.1 Å². The molecule has 0 unspecified atom stereocenters. The summed E-state index contributed by atoms with van der Waals surface area (Å²) in [6.45, 7) is 0. The number of thioether (sulfide) groups is 1. The molecular formula is C15H20N4O2S2. The Balaban J connectivity index is 1.97. The monoisotopic (exact) mass is 352 g/mol. The highest BCUT2D eigenvalue weighted by Gasteiger charge is 2.23. The summed E-state index contributed by atoms with van der Waals surface area (Å²) in [5, 5.41) is 9.83. The zero-order chi connectivity index (χ0) is 16.4. The van der Waals surface area contributed by atoms with Crippen LogP contribution in [0, 0.1) is 0 Å².